The van der Waals surface area contributed by atoms with Crippen molar-refractivity contribution in [2.24, 2.45) is 0 Å². The van der Waals surface area contributed by atoms with Crippen molar-refractivity contribution in [2.75, 3.05) is 23.1 Å². The van der Waals surface area contributed by atoms with Crippen LogP contribution < -0.4 is 9.62 Å². The van der Waals surface area contributed by atoms with Gasteiger partial charge in [-0.3, -0.25) is 9.10 Å². The SMILES string of the molecule is Cc1ccc(N(CC(=O)NCCCSC2CCCCC2)S(=O)(=O)c2ccc(F)cc2)cc1. The van der Waals surface area contributed by atoms with E-state index in [1.54, 1.807) is 24.3 Å². The van der Waals surface area contributed by atoms with E-state index in [1.165, 1.54) is 44.2 Å². The maximum Gasteiger partial charge on any atom is 0.264 e. The second-order valence-electron chi connectivity index (χ2n) is 8.14. The zero-order chi connectivity index (χ0) is 23.0. The summed E-state index contributed by atoms with van der Waals surface area (Å²) in [6, 6.07) is 11.6. The number of nitrogens with zero attached hydrogens (tertiary/aromatic N) is 1. The number of thioether (sulfide) groups is 1. The molecule has 0 aliphatic heterocycles. The van der Waals surface area contributed by atoms with E-state index in [-0.39, 0.29) is 17.3 Å². The first-order chi connectivity index (χ1) is 15.4. The summed E-state index contributed by atoms with van der Waals surface area (Å²) in [5.74, 6) is 0.106. The molecular weight excluding hydrogens is 447 g/mol. The fourth-order valence-electron chi connectivity index (χ4n) is 3.73. The number of sulfonamides is 1. The molecule has 0 atom stereocenters. The van der Waals surface area contributed by atoms with Gasteiger partial charge >= 0.3 is 0 Å². The number of carbonyl (C=O) groups excluding carboxylic acids is 1. The van der Waals surface area contributed by atoms with Crippen molar-refractivity contribution in [3.05, 3.63) is 59.9 Å². The highest BCUT2D eigenvalue weighted by Crippen LogP contribution is 2.28. The number of hydrogen-bond acceptors (Lipinski definition) is 4. The van der Waals surface area contributed by atoms with Gasteiger partial charge in [-0.05, 0) is 68.3 Å². The minimum Gasteiger partial charge on any atom is -0.354 e. The van der Waals surface area contributed by atoms with Gasteiger partial charge in [-0.25, -0.2) is 12.8 Å². The molecule has 3 rings (SSSR count). The van der Waals surface area contributed by atoms with Gasteiger partial charge < -0.3 is 5.32 Å². The summed E-state index contributed by atoms with van der Waals surface area (Å²) in [4.78, 5) is 12.5. The molecule has 1 N–H and O–H groups in total. The van der Waals surface area contributed by atoms with E-state index in [9.17, 15) is 17.6 Å². The molecular formula is C24H31FN2O3S2. The minimum absolute atomic E-state index is 0.0591. The van der Waals surface area contributed by atoms with E-state index in [4.69, 9.17) is 0 Å². The Morgan fingerprint density at radius 3 is 2.38 bits per heavy atom. The Balaban J connectivity index is 1.61. The third-order valence-corrected chi connectivity index (χ3v) is 8.82. The van der Waals surface area contributed by atoms with Crippen LogP contribution in [0.1, 0.15) is 44.1 Å². The van der Waals surface area contributed by atoms with E-state index >= 15 is 0 Å². The Bertz CT molecular complexity index is 973. The number of halogens is 1. The Hall–Kier alpha value is -2.06. The monoisotopic (exact) mass is 478 g/mol. The minimum atomic E-state index is -4.03. The van der Waals surface area contributed by atoms with Gasteiger partial charge in [0.05, 0.1) is 10.6 Å². The van der Waals surface area contributed by atoms with E-state index in [0.29, 0.717) is 12.2 Å². The van der Waals surface area contributed by atoms with E-state index < -0.39 is 15.8 Å². The van der Waals surface area contributed by atoms with Gasteiger partial charge in [0.25, 0.3) is 10.0 Å². The fraction of sp³-hybridized carbons (Fsp3) is 0.458. The topological polar surface area (TPSA) is 66.5 Å². The van der Waals surface area contributed by atoms with Gasteiger partial charge in [0, 0.05) is 11.8 Å². The summed E-state index contributed by atoms with van der Waals surface area (Å²) >= 11 is 1.98. The van der Waals surface area contributed by atoms with Gasteiger partial charge in [0.1, 0.15) is 12.4 Å². The van der Waals surface area contributed by atoms with Crippen molar-refractivity contribution < 1.29 is 17.6 Å². The summed E-state index contributed by atoms with van der Waals surface area (Å²) in [7, 11) is -4.03. The zero-order valence-electron chi connectivity index (χ0n) is 18.4. The molecule has 1 amide bonds. The second kappa shape index (κ2) is 11.7. The number of carbonyl (C=O) groups is 1. The highest BCUT2D eigenvalue weighted by atomic mass is 32.2. The van der Waals surface area contributed by atoms with Crippen LogP contribution in [0.15, 0.2) is 53.4 Å². The lowest BCUT2D eigenvalue weighted by atomic mass is 10.0. The summed E-state index contributed by atoms with van der Waals surface area (Å²) in [5.41, 5.74) is 1.37. The van der Waals surface area contributed by atoms with Crippen LogP contribution in [0.5, 0.6) is 0 Å². The van der Waals surface area contributed by atoms with Crippen molar-refractivity contribution in [2.45, 2.75) is 55.6 Å². The average Bonchev–Trinajstić information content (AvgIpc) is 2.79. The molecule has 2 aromatic rings. The van der Waals surface area contributed by atoms with Crippen molar-refractivity contribution in [1.29, 1.82) is 0 Å². The van der Waals surface area contributed by atoms with Crippen LogP contribution in [-0.4, -0.2) is 38.4 Å². The molecule has 0 saturated heterocycles. The molecule has 0 spiro atoms. The molecule has 174 valence electrons. The molecule has 0 unspecified atom stereocenters. The molecule has 0 bridgehead atoms. The average molecular weight is 479 g/mol. The summed E-state index contributed by atoms with van der Waals surface area (Å²) < 4.78 is 40.8. The second-order valence-corrected chi connectivity index (χ2v) is 11.4. The molecule has 1 aliphatic rings. The predicted molar refractivity (Wildman–Crippen MR) is 129 cm³/mol. The smallest absolute Gasteiger partial charge is 0.264 e. The van der Waals surface area contributed by atoms with Gasteiger partial charge in [0.15, 0.2) is 0 Å². The van der Waals surface area contributed by atoms with Crippen LogP contribution in [0.3, 0.4) is 0 Å². The molecule has 5 nitrogen and oxygen atoms in total. The highest BCUT2D eigenvalue weighted by Gasteiger charge is 2.27. The summed E-state index contributed by atoms with van der Waals surface area (Å²) in [5, 5.41) is 3.58. The molecule has 1 aliphatic carbocycles. The molecule has 2 aromatic carbocycles. The van der Waals surface area contributed by atoms with Crippen LogP contribution in [0, 0.1) is 12.7 Å². The third kappa shape index (κ3) is 6.97. The number of hydrogen-bond donors (Lipinski definition) is 1. The molecule has 1 saturated carbocycles. The number of aryl methyl sites for hydroxylation is 1. The van der Waals surface area contributed by atoms with Crippen molar-refractivity contribution >= 4 is 33.4 Å². The number of benzene rings is 2. The van der Waals surface area contributed by atoms with Crippen LogP contribution in [-0.2, 0) is 14.8 Å². The largest absolute Gasteiger partial charge is 0.354 e. The Morgan fingerprint density at radius 1 is 1.06 bits per heavy atom. The maximum absolute atomic E-state index is 13.3. The Labute approximate surface area is 194 Å². The van der Waals surface area contributed by atoms with Crippen molar-refractivity contribution in [1.82, 2.24) is 5.32 Å². The number of amides is 1. The highest BCUT2D eigenvalue weighted by molar-refractivity contribution is 7.99. The number of nitrogens with one attached hydrogen (secondary N) is 1. The number of rotatable bonds is 10. The standard InChI is InChI=1S/C24H31FN2O3S2/c1-19-8-12-21(13-9-19)27(32(29,30)23-14-10-20(25)11-15-23)18-24(28)26-16-5-17-31-22-6-3-2-4-7-22/h8-15,22H,2-7,16-18H2,1H3,(H,26,28). The molecule has 0 aromatic heterocycles. The summed E-state index contributed by atoms with van der Waals surface area (Å²) in [6.45, 7) is 2.08. The lowest BCUT2D eigenvalue weighted by Crippen LogP contribution is -2.41. The molecule has 0 heterocycles. The van der Waals surface area contributed by atoms with E-state index in [2.05, 4.69) is 5.32 Å². The maximum atomic E-state index is 13.3. The number of anilines is 1. The molecule has 32 heavy (non-hydrogen) atoms. The van der Waals surface area contributed by atoms with Gasteiger partial charge in [0.2, 0.25) is 5.91 Å². The normalized spacial score (nSPS) is 14.8. The first-order valence-electron chi connectivity index (χ1n) is 11.1. The molecule has 0 radical (unpaired) electrons. The van der Waals surface area contributed by atoms with Crippen molar-refractivity contribution in [3.63, 3.8) is 0 Å². The van der Waals surface area contributed by atoms with Gasteiger partial charge in [-0.2, -0.15) is 11.8 Å². The summed E-state index contributed by atoms with van der Waals surface area (Å²) in [6.07, 6.45) is 7.37. The lowest BCUT2D eigenvalue weighted by Gasteiger charge is -2.24. The third-order valence-electron chi connectivity index (χ3n) is 5.56. The quantitative estimate of drug-likeness (QED) is 0.493. The predicted octanol–water partition coefficient (Wildman–Crippen LogP) is 4.90. The first kappa shape index (κ1) is 24.6. The molecule has 8 heteroatoms. The van der Waals surface area contributed by atoms with Crippen LogP contribution in [0.4, 0.5) is 10.1 Å². The first-order valence-corrected chi connectivity index (χ1v) is 13.6. The van der Waals surface area contributed by atoms with Gasteiger partial charge in [-0.15, -0.1) is 0 Å². The fourth-order valence-corrected chi connectivity index (χ4v) is 6.46. The zero-order valence-corrected chi connectivity index (χ0v) is 20.1. The van der Waals surface area contributed by atoms with E-state index in [0.717, 1.165) is 39.4 Å². The van der Waals surface area contributed by atoms with Crippen molar-refractivity contribution in [3.8, 4) is 0 Å². The van der Waals surface area contributed by atoms with Crippen LogP contribution >= 0.6 is 11.8 Å². The Kier molecular flexibility index (Phi) is 8.99. The van der Waals surface area contributed by atoms with Crippen LogP contribution in [0.25, 0.3) is 0 Å². The lowest BCUT2D eigenvalue weighted by molar-refractivity contribution is -0.119. The Morgan fingerprint density at radius 2 is 1.72 bits per heavy atom. The van der Waals surface area contributed by atoms with Crippen LogP contribution in [0.2, 0.25) is 0 Å². The van der Waals surface area contributed by atoms with E-state index in [1.807, 2.05) is 18.7 Å². The molecule has 1 fully saturated rings. The van der Waals surface area contributed by atoms with Gasteiger partial charge in [-0.1, -0.05) is 37.0 Å².